The monoisotopic (exact) mass is 214 g/mol. The first-order valence-corrected chi connectivity index (χ1v) is 6.19. The molecule has 1 rings (SSSR count). The fraction of sp³-hybridized carbons (Fsp3) is 1.00. The van der Waals surface area contributed by atoms with Crippen LogP contribution in [-0.4, -0.2) is 32.8 Å². The largest absolute Gasteiger partial charge is 0.385 e. The van der Waals surface area contributed by atoms with Crippen molar-refractivity contribution in [3.05, 3.63) is 0 Å². The van der Waals surface area contributed by atoms with E-state index in [4.69, 9.17) is 10.5 Å². The molecule has 1 saturated carbocycles. The maximum atomic E-state index is 5.97. The van der Waals surface area contributed by atoms with Crippen LogP contribution in [0.3, 0.4) is 0 Å². The molecule has 15 heavy (non-hydrogen) atoms. The van der Waals surface area contributed by atoms with Crippen molar-refractivity contribution in [1.29, 1.82) is 0 Å². The summed E-state index contributed by atoms with van der Waals surface area (Å²) in [5.41, 5.74) is 5.97. The number of hydrogen-bond acceptors (Lipinski definition) is 3. The zero-order chi connectivity index (χ0) is 11.1. The first kappa shape index (κ1) is 12.9. The SMILES string of the molecule is COCCCC(N)CNCC(C)C1CC1. The summed E-state index contributed by atoms with van der Waals surface area (Å²) in [7, 11) is 1.74. The van der Waals surface area contributed by atoms with E-state index in [9.17, 15) is 0 Å². The van der Waals surface area contributed by atoms with E-state index in [0.717, 1.165) is 44.4 Å². The van der Waals surface area contributed by atoms with Crippen molar-refractivity contribution >= 4 is 0 Å². The first-order chi connectivity index (χ1) is 7.24. The van der Waals surface area contributed by atoms with Crippen LogP contribution in [0.2, 0.25) is 0 Å². The molecule has 0 saturated heterocycles. The van der Waals surface area contributed by atoms with Crippen molar-refractivity contribution in [3.63, 3.8) is 0 Å². The van der Waals surface area contributed by atoms with Gasteiger partial charge in [-0.15, -0.1) is 0 Å². The number of ether oxygens (including phenoxy) is 1. The summed E-state index contributed by atoms with van der Waals surface area (Å²) < 4.78 is 5.00. The predicted octanol–water partition coefficient (Wildman–Crippen LogP) is 1.38. The van der Waals surface area contributed by atoms with Gasteiger partial charge >= 0.3 is 0 Å². The van der Waals surface area contributed by atoms with Gasteiger partial charge in [-0.05, 0) is 44.1 Å². The molecular formula is C12H26N2O. The van der Waals surface area contributed by atoms with Crippen molar-refractivity contribution in [2.24, 2.45) is 17.6 Å². The van der Waals surface area contributed by atoms with Crippen LogP contribution in [0.15, 0.2) is 0 Å². The Morgan fingerprint density at radius 1 is 1.40 bits per heavy atom. The number of nitrogens with one attached hydrogen (secondary N) is 1. The molecule has 0 heterocycles. The fourth-order valence-corrected chi connectivity index (χ4v) is 1.92. The van der Waals surface area contributed by atoms with Crippen LogP contribution >= 0.6 is 0 Å². The van der Waals surface area contributed by atoms with E-state index in [1.54, 1.807) is 7.11 Å². The van der Waals surface area contributed by atoms with Gasteiger partial charge in [0.1, 0.15) is 0 Å². The molecule has 0 aliphatic heterocycles. The van der Waals surface area contributed by atoms with Crippen molar-refractivity contribution in [1.82, 2.24) is 5.32 Å². The molecule has 3 N–H and O–H groups in total. The highest BCUT2D eigenvalue weighted by molar-refractivity contribution is 4.80. The Kier molecular flexibility index (Phi) is 6.22. The molecular weight excluding hydrogens is 188 g/mol. The number of methoxy groups -OCH3 is 1. The molecule has 2 atom stereocenters. The summed E-state index contributed by atoms with van der Waals surface area (Å²) in [6.07, 6.45) is 4.99. The summed E-state index contributed by atoms with van der Waals surface area (Å²) in [6.45, 7) is 5.23. The van der Waals surface area contributed by atoms with E-state index >= 15 is 0 Å². The highest BCUT2D eigenvalue weighted by Crippen LogP contribution is 2.35. The van der Waals surface area contributed by atoms with E-state index in [0.29, 0.717) is 0 Å². The molecule has 1 fully saturated rings. The maximum Gasteiger partial charge on any atom is 0.0462 e. The Labute approximate surface area is 93.8 Å². The standard InChI is InChI=1S/C12H26N2O/c1-10(11-5-6-11)8-14-9-12(13)4-3-7-15-2/h10-12,14H,3-9,13H2,1-2H3. The Morgan fingerprint density at radius 2 is 2.13 bits per heavy atom. The highest BCUT2D eigenvalue weighted by atomic mass is 16.5. The normalized spacial score (nSPS) is 20.2. The second-order valence-electron chi connectivity index (χ2n) is 4.87. The molecule has 0 aromatic carbocycles. The average Bonchev–Trinajstić information content (AvgIpc) is 3.01. The molecule has 90 valence electrons. The molecule has 3 nitrogen and oxygen atoms in total. The van der Waals surface area contributed by atoms with E-state index in [2.05, 4.69) is 12.2 Å². The maximum absolute atomic E-state index is 5.97. The molecule has 0 bridgehead atoms. The minimum atomic E-state index is 0.284. The van der Waals surface area contributed by atoms with Gasteiger partial charge in [-0.25, -0.2) is 0 Å². The minimum Gasteiger partial charge on any atom is -0.385 e. The zero-order valence-electron chi connectivity index (χ0n) is 10.2. The molecule has 1 aliphatic rings. The van der Waals surface area contributed by atoms with E-state index in [1.165, 1.54) is 12.8 Å². The van der Waals surface area contributed by atoms with Crippen LogP contribution in [-0.2, 0) is 4.74 Å². The third kappa shape index (κ3) is 6.13. The quantitative estimate of drug-likeness (QED) is 0.570. The lowest BCUT2D eigenvalue weighted by atomic mass is 10.1. The van der Waals surface area contributed by atoms with E-state index in [1.807, 2.05) is 0 Å². The van der Waals surface area contributed by atoms with Gasteiger partial charge in [0, 0.05) is 26.3 Å². The molecule has 1 aliphatic carbocycles. The number of rotatable bonds is 9. The number of nitrogens with two attached hydrogens (primary N) is 1. The van der Waals surface area contributed by atoms with Crippen molar-refractivity contribution < 1.29 is 4.74 Å². The molecule has 0 aromatic rings. The third-order valence-electron chi connectivity index (χ3n) is 3.22. The van der Waals surface area contributed by atoms with Gasteiger partial charge in [-0.3, -0.25) is 0 Å². The van der Waals surface area contributed by atoms with Crippen molar-refractivity contribution in [2.45, 2.75) is 38.6 Å². The molecule has 2 unspecified atom stereocenters. The molecule has 0 amide bonds. The third-order valence-corrected chi connectivity index (χ3v) is 3.22. The lowest BCUT2D eigenvalue weighted by molar-refractivity contribution is 0.190. The van der Waals surface area contributed by atoms with Gasteiger partial charge in [0.15, 0.2) is 0 Å². The average molecular weight is 214 g/mol. The molecule has 0 radical (unpaired) electrons. The van der Waals surface area contributed by atoms with Gasteiger partial charge in [0.2, 0.25) is 0 Å². The highest BCUT2D eigenvalue weighted by Gasteiger charge is 2.27. The Morgan fingerprint density at radius 3 is 2.73 bits per heavy atom. The summed E-state index contributed by atoms with van der Waals surface area (Å²) >= 11 is 0. The first-order valence-electron chi connectivity index (χ1n) is 6.19. The summed E-state index contributed by atoms with van der Waals surface area (Å²) in [5.74, 6) is 1.82. The van der Waals surface area contributed by atoms with Crippen LogP contribution < -0.4 is 11.1 Å². The van der Waals surface area contributed by atoms with Crippen LogP contribution in [0.5, 0.6) is 0 Å². The topological polar surface area (TPSA) is 47.3 Å². The summed E-state index contributed by atoms with van der Waals surface area (Å²) in [4.78, 5) is 0. The Bertz CT molecular complexity index is 160. The van der Waals surface area contributed by atoms with Gasteiger partial charge in [-0.2, -0.15) is 0 Å². The Balaban J connectivity index is 1.89. The van der Waals surface area contributed by atoms with E-state index in [-0.39, 0.29) is 6.04 Å². The van der Waals surface area contributed by atoms with Crippen LogP contribution in [0.25, 0.3) is 0 Å². The van der Waals surface area contributed by atoms with Crippen molar-refractivity contribution in [3.8, 4) is 0 Å². The number of hydrogen-bond donors (Lipinski definition) is 2. The zero-order valence-corrected chi connectivity index (χ0v) is 10.2. The minimum absolute atomic E-state index is 0.284. The lowest BCUT2D eigenvalue weighted by Crippen LogP contribution is -2.36. The van der Waals surface area contributed by atoms with Gasteiger partial charge < -0.3 is 15.8 Å². The van der Waals surface area contributed by atoms with Crippen LogP contribution in [0, 0.1) is 11.8 Å². The summed E-state index contributed by atoms with van der Waals surface area (Å²) in [5, 5.41) is 3.47. The van der Waals surface area contributed by atoms with Crippen molar-refractivity contribution in [2.75, 3.05) is 26.8 Å². The molecule has 3 heteroatoms. The van der Waals surface area contributed by atoms with Gasteiger partial charge in [0.25, 0.3) is 0 Å². The molecule has 0 aromatic heterocycles. The molecule has 0 spiro atoms. The van der Waals surface area contributed by atoms with Gasteiger partial charge in [-0.1, -0.05) is 6.92 Å². The Hall–Kier alpha value is -0.120. The summed E-state index contributed by atoms with van der Waals surface area (Å²) in [6, 6.07) is 0.284. The van der Waals surface area contributed by atoms with Crippen LogP contribution in [0.4, 0.5) is 0 Å². The fourth-order valence-electron chi connectivity index (χ4n) is 1.92. The second-order valence-corrected chi connectivity index (χ2v) is 4.87. The van der Waals surface area contributed by atoms with E-state index < -0.39 is 0 Å². The smallest absolute Gasteiger partial charge is 0.0462 e. The lowest BCUT2D eigenvalue weighted by Gasteiger charge is -2.15. The van der Waals surface area contributed by atoms with Gasteiger partial charge in [0.05, 0.1) is 0 Å². The predicted molar refractivity (Wildman–Crippen MR) is 63.8 cm³/mol. The second kappa shape index (κ2) is 7.20. The van der Waals surface area contributed by atoms with Crippen LogP contribution in [0.1, 0.15) is 32.6 Å².